The van der Waals surface area contributed by atoms with Gasteiger partial charge in [-0.1, -0.05) is 13.3 Å². The highest BCUT2D eigenvalue weighted by Crippen LogP contribution is 2.29. The molecule has 0 aromatic heterocycles. The van der Waals surface area contributed by atoms with E-state index in [1.807, 2.05) is 13.8 Å². The second kappa shape index (κ2) is 4.23. The van der Waals surface area contributed by atoms with Crippen molar-refractivity contribution in [2.24, 2.45) is 5.92 Å². The van der Waals surface area contributed by atoms with Gasteiger partial charge in [0.1, 0.15) is 5.78 Å². The van der Waals surface area contributed by atoms with Crippen LogP contribution >= 0.6 is 0 Å². The normalized spacial score (nSPS) is 28.5. The molecular formula is C11H20O2. The molecule has 0 aromatic rings. The Morgan fingerprint density at radius 1 is 1.54 bits per heavy atom. The predicted molar refractivity (Wildman–Crippen MR) is 52.5 cm³/mol. The molecule has 0 amide bonds. The standard InChI is InChI=1S/C11H20O2/c1-3-11(2,13)8-9-6-4-5-7-10(9)12/h9,13H,3-8H2,1-2H3. The van der Waals surface area contributed by atoms with E-state index in [-0.39, 0.29) is 5.92 Å². The van der Waals surface area contributed by atoms with Gasteiger partial charge in [-0.3, -0.25) is 4.79 Å². The molecule has 2 unspecified atom stereocenters. The van der Waals surface area contributed by atoms with Crippen LogP contribution in [0.3, 0.4) is 0 Å². The molecule has 1 rings (SSSR count). The van der Waals surface area contributed by atoms with E-state index in [9.17, 15) is 9.90 Å². The molecule has 13 heavy (non-hydrogen) atoms. The monoisotopic (exact) mass is 184 g/mol. The first-order valence-corrected chi connectivity index (χ1v) is 5.30. The average Bonchev–Trinajstić information content (AvgIpc) is 2.09. The summed E-state index contributed by atoms with van der Waals surface area (Å²) in [5, 5.41) is 9.84. The first kappa shape index (κ1) is 10.7. The average molecular weight is 184 g/mol. The highest BCUT2D eigenvalue weighted by atomic mass is 16.3. The molecule has 0 radical (unpaired) electrons. The molecule has 0 aliphatic heterocycles. The van der Waals surface area contributed by atoms with Crippen molar-refractivity contribution in [3.8, 4) is 0 Å². The zero-order valence-electron chi connectivity index (χ0n) is 8.68. The van der Waals surface area contributed by atoms with Gasteiger partial charge in [-0.15, -0.1) is 0 Å². The van der Waals surface area contributed by atoms with Crippen LogP contribution in [0, 0.1) is 5.92 Å². The Bertz CT molecular complexity index is 185. The number of hydrogen-bond donors (Lipinski definition) is 1. The molecule has 2 atom stereocenters. The van der Waals surface area contributed by atoms with Crippen molar-refractivity contribution in [2.75, 3.05) is 0 Å². The van der Waals surface area contributed by atoms with E-state index in [1.54, 1.807) is 0 Å². The van der Waals surface area contributed by atoms with E-state index in [0.717, 1.165) is 32.1 Å². The summed E-state index contributed by atoms with van der Waals surface area (Å²) in [7, 11) is 0. The largest absolute Gasteiger partial charge is 0.390 e. The molecule has 1 fully saturated rings. The van der Waals surface area contributed by atoms with Crippen molar-refractivity contribution in [3.05, 3.63) is 0 Å². The number of aliphatic hydroxyl groups is 1. The van der Waals surface area contributed by atoms with Gasteiger partial charge in [-0.25, -0.2) is 0 Å². The Kier molecular flexibility index (Phi) is 3.48. The summed E-state index contributed by atoms with van der Waals surface area (Å²) in [6.07, 6.45) is 5.29. The number of hydrogen-bond acceptors (Lipinski definition) is 2. The van der Waals surface area contributed by atoms with Crippen LogP contribution in [-0.4, -0.2) is 16.5 Å². The van der Waals surface area contributed by atoms with Gasteiger partial charge in [0.25, 0.3) is 0 Å². The molecule has 2 heteroatoms. The van der Waals surface area contributed by atoms with Gasteiger partial charge in [0.15, 0.2) is 0 Å². The van der Waals surface area contributed by atoms with Gasteiger partial charge in [0.05, 0.1) is 5.60 Å². The SMILES string of the molecule is CCC(C)(O)CC1CCCCC1=O. The number of carbonyl (C=O) groups is 1. The summed E-state index contributed by atoms with van der Waals surface area (Å²) in [6.45, 7) is 3.79. The lowest BCUT2D eigenvalue weighted by atomic mass is 9.80. The third-order valence-electron chi connectivity index (χ3n) is 3.13. The first-order valence-electron chi connectivity index (χ1n) is 5.30. The predicted octanol–water partition coefficient (Wildman–Crippen LogP) is 2.30. The Hall–Kier alpha value is -0.370. The maximum absolute atomic E-state index is 11.5. The molecule has 0 saturated heterocycles. The Balaban J connectivity index is 2.47. The molecule has 1 aliphatic carbocycles. The second-order valence-electron chi connectivity index (χ2n) is 4.46. The summed E-state index contributed by atoms with van der Waals surface area (Å²) >= 11 is 0. The zero-order chi connectivity index (χ0) is 9.90. The Morgan fingerprint density at radius 3 is 2.77 bits per heavy atom. The van der Waals surface area contributed by atoms with E-state index in [2.05, 4.69) is 0 Å². The van der Waals surface area contributed by atoms with Gasteiger partial charge in [0, 0.05) is 12.3 Å². The Morgan fingerprint density at radius 2 is 2.23 bits per heavy atom. The third-order valence-corrected chi connectivity index (χ3v) is 3.13. The maximum Gasteiger partial charge on any atom is 0.136 e. The van der Waals surface area contributed by atoms with Crippen LogP contribution in [-0.2, 0) is 4.79 Å². The van der Waals surface area contributed by atoms with E-state index in [4.69, 9.17) is 0 Å². The lowest BCUT2D eigenvalue weighted by Gasteiger charge is -2.28. The summed E-state index contributed by atoms with van der Waals surface area (Å²) in [5.74, 6) is 0.490. The second-order valence-corrected chi connectivity index (χ2v) is 4.46. The van der Waals surface area contributed by atoms with Gasteiger partial charge in [-0.2, -0.15) is 0 Å². The molecule has 0 aromatic carbocycles. The summed E-state index contributed by atoms with van der Waals surface area (Å²) in [6, 6.07) is 0. The first-order chi connectivity index (χ1) is 6.05. The summed E-state index contributed by atoms with van der Waals surface area (Å²) < 4.78 is 0. The minimum atomic E-state index is -0.641. The summed E-state index contributed by atoms with van der Waals surface area (Å²) in [4.78, 5) is 11.5. The van der Waals surface area contributed by atoms with Crippen LogP contribution in [0.15, 0.2) is 0 Å². The van der Waals surface area contributed by atoms with Crippen LogP contribution in [0.2, 0.25) is 0 Å². The minimum Gasteiger partial charge on any atom is -0.390 e. The highest BCUT2D eigenvalue weighted by molar-refractivity contribution is 5.81. The lowest BCUT2D eigenvalue weighted by molar-refractivity contribution is -0.127. The minimum absolute atomic E-state index is 0.128. The fourth-order valence-electron chi connectivity index (χ4n) is 1.95. The molecule has 0 spiro atoms. The quantitative estimate of drug-likeness (QED) is 0.730. The van der Waals surface area contributed by atoms with E-state index < -0.39 is 5.60 Å². The molecule has 1 N–H and O–H groups in total. The van der Waals surface area contributed by atoms with Gasteiger partial charge < -0.3 is 5.11 Å². The van der Waals surface area contributed by atoms with Crippen LogP contribution in [0.5, 0.6) is 0 Å². The third kappa shape index (κ3) is 3.11. The molecule has 1 aliphatic rings. The topological polar surface area (TPSA) is 37.3 Å². The van der Waals surface area contributed by atoms with Crippen molar-refractivity contribution in [1.29, 1.82) is 0 Å². The Labute approximate surface area is 80.3 Å². The zero-order valence-corrected chi connectivity index (χ0v) is 8.68. The molecule has 76 valence electrons. The lowest BCUT2D eigenvalue weighted by Crippen LogP contribution is -2.31. The van der Waals surface area contributed by atoms with Gasteiger partial charge >= 0.3 is 0 Å². The van der Waals surface area contributed by atoms with Crippen molar-refractivity contribution >= 4 is 5.78 Å². The van der Waals surface area contributed by atoms with E-state index in [0.29, 0.717) is 12.2 Å². The van der Waals surface area contributed by atoms with Crippen molar-refractivity contribution < 1.29 is 9.90 Å². The number of Topliss-reactive ketones (excluding diaryl/α,β-unsaturated/α-hetero) is 1. The van der Waals surface area contributed by atoms with Crippen LogP contribution in [0.4, 0.5) is 0 Å². The van der Waals surface area contributed by atoms with Crippen LogP contribution < -0.4 is 0 Å². The number of carbonyl (C=O) groups excluding carboxylic acids is 1. The van der Waals surface area contributed by atoms with Crippen LogP contribution in [0.1, 0.15) is 52.4 Å². The van der Waals surface area contributed by atoms with Crippen molar-refractivity contribution in [1.82, 2.24) is 0 Å². The van der Waals surface area contributed by atoms with Crippen molar-refractivity contribution in [3.63, 3.8) is 0 Å². The molecule has 1 saturated carbocycles. The highest BCUT2D eigenvalue weighted by Gasteiger charge is 2.29. The van der Waals surface area contributed by atoms with Gasteiger partial charge in [0.2, 0.25) is 0 Å². The van der Waals surface area contributed by atoms with Crippen LogP contribution in [0.25, 0.3) is 0 Å². The maximum atomic E-state index is 11.5. The smallest absolute Gasteiger partial charge is 0.136 e. The fourth-order valence-corrected chi connectivity index (χ4v) is 1.95. The molecule has 2 nitrogen and oxygen atoms in total. The number of rotatable bonds is 3. The molecular weight excluding hydrogens is 164 g/mol. The van der Waals surface area contributed by atoms with E-state index >= 15 is 0 Å². The van der Waals surface area contributed by atoms with Crippen molar-refractivity contribution in [2.45, 2.75) is 58.0 Å². The number of ketones is 1. The molecule has 0 bridgehead atoms. The summed E-state index contributed by atoms with van der Waals surface area (Å²) in [5.41, 5.74) is -0.641. The van der Waals surface area contributed by atoms with E-state index in [1.165, 1.54) is 0 Å². The van der Waals surface area contributed by atoms with Gasteiger partial charge in [-0.05, 0) is 32.6 Å². The fraction of sp³-hybridized carbons (Fsp3) is 0.909. The molecule has 0 heterocycles.